The molecular formula is C16H14BrN3O5. The summed E-state index contributed by atoms with van der Waals surface area (Å²) >= 11 is 3.41. The lowest BCUT2D eigenvalue weighted by atomic mass is 10.2. The largest absolute Gasteiger partial charge is 0.506 e. The molecule has 1 aromatic carbocycles. The molecule has 0 amide bonds. The summed E-state index contributed by atoms with van der Waals surface area (Å²) in [6.45, 7) is 1.56. The Kier molecular flexibility index (Phi) is 3.97. The quantitative estimate of drug-likeness (QED) is 0.642. The highest BCUT2D eigenvalue weighted by Crippen LogP contribution is 2.28. The molecule has 1 fully saturated rings. The van der Waals surface area contributed by atoms with Crippen LogP contribution in [0, 0.1) is 0 Å². The minimum Gasteiger partial charge on any atom is -0.450 e. The molecule has 0 radical (unpaired) electrons. The monoisotopic (exact) mass is 407 g/mol. The van der Waals surface area contributed by atoms with Gasteiger partial charge in [0.25, 0.3) is 5.56 Å². The second-order valence-electron chi connectivity index (χ2n) is 5.96. The van der Waals surface area contributed by atoms with E-state index >= 15 is 0 Å². The molecule has 2 aromatic heterocycles. The van der Waals surface area contributed by atoms with Crippen molar-refractivity contribution in [2.24, 2.45) is 0 Å². The van der Waals surface area contributed by atoms with Crippen LogP contribution in [0.25, 0.3) is 22.1 Å². The molecule has 1 aliphatic rings. The maximum absolute atomic E-state index is 12.3. The normalized spacial score (nSPS) is 18.2. The van der Waals surface area contributed by atoms with Crippen LogP contribution < -0.4 is 5.56 Å². The summed E-state index contributed by atoms with van der Waals surface area (Å²) in [4.78, 5) is 32.2. The fourth-order valence-electron chi connectivity index (χ4n) is 3.14. The van der Waals surface area contributed by atoms with Gasteiger partial charge in [0, 0.05) is 22.9 Å². The van der Waals surface area contributed by atoms with Crippen LogP contribution in [-0.2, 0) is 11.3 Å². The smallest absolute Gasteiger partial charge is 0.450 e. The number of rotatable bonds is 3. The third-order valence-electron chi connectivity index (χ3n) is 4.20. The second kappa shape index (κ2) is 6.16. The predicted octanol–water partition coefficient (Wildman–Crippen LogP) is 2.70. The molecule has 4 rings (SSSR count). The van der Waals surface area contributed by atoms with E-state index in [-0.39, 0.29) is 17.2 Å². The molecule has 0 spiro atoms. The van der Waals surface area contributed by atoms with Gasteiger partial charge in [-0.2, -0.15) is 0 Å². The SMILES string of the molecule is O=C(O)OC1CCN(Cc2nc3c(oc4ccc(Br)cc43)c(=O)[nH]2)C1. The van der Waals surface area contributed by atoms with Gasteiger partial charge >= 0.3 is 6.16 Å². The summed E-state index contributed by atoms with van der Waals surface area (Å²) in [6, 6.07) is 5.49. The van der Waals surface area contributed by atoms with Gasteiger partial charge in [-0.25, -0.2) is 9.78 Å². The van der Waals surface area contributed by atoms with Crippen LogP contribution in [-0.4, -0.2) is 45.3 Å². The summed E-state index contributed by atoms with van der Waals surface area (Å²) in [7, 11) is 0. The second-order valence-corrected chi connectivity index (χ2v) is 6.88. The Labute approximate surface area is 149 Å². The first-order chi connectivity index (χ1) is 12.0. The zero-order valence-corrected chi connectivity index (χ0v) is 14.6. The molecule has 0 bridgehead atoms. The van der Waals surface area contributed by atoms with Crippen molar-refractivity contribution in [2.45, 2.75) is 19.1 Å². The van der Waals surface area contributed by atoms with Crippen molar-refractivity contribution in [3.05, 3.63) is 38.9 Å². The minimum absolute atomic E-state index is 0.199. The van der Waals surface area contributed by atoms with Gasteiger partial charge < -0.3 is 19.2 Å². The van der Waals surface area contributed by atoms with Crippen LogP contribution in [0.4, 0.5) is 4.79 Å². The molecule has 9 heteroatoms. The van der Waals surface area contributed by atoms with E-state index in [0.29, 0.717) is 43.0 Å². The number of nitrogens with one attached hydrogen (secondary N) is 1. The van der Waals surface area contributed by atoms with Gasteiger partial charge in [0.15, 0.2) is 0 Å². The molecule has 130 valence electrons. The van der Waals surface area contributed by atoms with E-state index in [1.165, 1.54) is 0 Å². The van der Waals surface area contributed by atoms with Gasteiger partial charge in [0.05, 0.1) is 6.54 Å². The number of ether oxygens (including phenoxy) is 1. The van der Waals surface area contributed by atoms with Gasteiger partial charge in [-0.1, -0.05) is 15.9 Å². The summed E-state index contributed by atoms with van der Waals surface area (Å²) in [5.41, 5.74) is 0.993. The topological polar surface area (TPSA) is 109 Å². The fraction of sp³-hybridized carbons (Fsp3) is 0.312. The van der Waals surface area contributed by atoms with Crippen LogP contribution in [0.1, 0.15) is 12.2 Å². The average molecular weight is 408 g/mol. The number of nitrogens with zero attached hydrogens (tertiary/aromatic N) is 2. The van der Waals surface area contributed by atoms with Crippen molar-refractivity contribution in [2.75, 3.05) is 13.1 Å². The first kappa shape index (κ1) is 16.1. The molecule has 1 saturated heterocycles. The van der Waals surface area contributed by atoms with Crippen molar-refractivity contribution in [3.63, 3.8) is 0 Å². The number of furan rings is 1. The standard InChI is InChI=1S/C16H14BrN3O5/c17-8-1-2-11-10(5-8)13-14(25-11)15(21)19-12(18-13)7-20-4-3-9(6-20)24-16(22)23/h1-2,5,9H,3-4,6-7H2,(H,22,23)(H,18,19,21). The van der Waals surface area contributed by atoms with Crippen molar-refractivity contribution in [3.8, 4) is 0 Å². The van der Waals surface area contributed by atoms with Crippen molar-refractivity contribution in [1.29, 1.82) is 0 Å². The summed E-state index contributed by atoms with van der Waals surface area (Å²) in [5, 5.41) is 9.46. The molecule has 3 aromatic rings. The molecule has 1 atom stereocenters. The predicted molar refractivity (Wildman–Crippen MR) is 92.6 cm³/mol. The number of H-pyrrole nitrogens is 1. The molecule has 2 N–H and O–H groups in total. The molecular weight excluding hydrogens is 394 g/mol. The highest BCUT2D eigenvalue weighted by molar-refractivity contribution is 9.10. The molecule has 0 aliphatic carbocycles. The van der Waals surface area contributed by atoms with Crippen molar-refractivity contribution in [1.82, 2.24) is 14.9 Å². The van der Waals surface area contributed by atoms with Gasteiger partial charge in [-0.05, 0) is 24.6 Å². The maximum Gasteiger partial charge on any atom is 0.506 e. The summed E-state index contributed by atoms with van der Waals surface area (Å²) < 4.78 is 11.3. The number of hydrogen-bond donors (Lipinski definition) is 2. The third-order valence-corrected chi connectivity index (χ3v) is 4.70. The lowest BCUT2D eigenvalue weighted by molar-refractivity contribution is 0.0547. The van der Waals surface area contributed by atoms with E-state index in [4.69, 9.17) is 14.3 Å². The number of fused-ring (bicyclic) bond motifs is 3. The number of carbonyl (C=O) groups is 1. The van der Waals surface area contributed by atoms with Gasteiger partial charge in [0.1, 0.15) is 23.0 Å². The first-order valence-electron chi connectivity index (χ1n) is 7.72. The van der Waals surface area contributed by atoms with E-state index in [2.05, 4.69) is 25.9 Å². The highest BCUT2D eigenvalue weighted by Gasteiger charge is 2.26. The van der Waals surface area contributed by atoms with Gasteiger partial charge in [-0.3, -0.25) is 9.69 Å². The Morgan fingerprint density at radius 1 is 1.52 bits per heavy atom. The van der Waals surface area contributed by atoms with Crippen LogP contribution in [0.3, 0.4) is 0 Å². The first-order valence-corrected chi connectivity index (χ1v) is 8.52. The van der Waals surface area contributed by atoms with Crippen LogP contribution in [0.15, 0.2) is 31.9 Å². The van der Waals surface area contributed by atoms with Gasteiger partial charge in [-0.15, -0.1) is 0 Å². The molecule has 3 heterocycles. The maximum atomic E-state index is 12.3. The minimum atomic E-state index is -1.27. The molecule has 1 unspecified atom stereocenters. The van der Waals surface area contributed by atoms with Gasteiger partial charge in [0.2, 0.25) is 5.58 Å². The third kappa shape index (κ3) is 3.12. The molecule has 1 aliphatic heterocycles. The van der Waals surface area contributed by atoms with Crippen LogP contribution in [0.2, 0.25) is 0 Å². The summed E-state index contributed by atoms with van der Waals surface area (Å²) in [6.07, 6.45) is -0.991. The Morgan fingerprint density at radius 3 is 3.16 bits per heavy atom. The number of halogens is 1. The van der Waals surface area contributed by atoms with E-state index in [9.17, 15) is 9.59 Å². The highest BCUT2D eigenvalue weighted by atomic mass is 79.9. The van der Waals surface area contributed by atoms with Crippen molar-refractivity contribution < 1.29 is 19.1 Å². The number of aromatic amines is 1. The van der Waals surface area contributed by atoms with E-state index in [0.717, 1.165) is 9.86 Å². The molecule has 0 saturated carbocycles. The fourth-order valence-corrected chi connectivity index (χ4v) is 3.50. The summed E-state index contributed by atoms with van der Waals surface area (Å²) in [5.74, 6) is 0.510. The lowest BCUT2D eigenvalue weighted by Crippen LogP contribution is -2.26. The lowest BCUT2D eigenvalue weighted by Gasteiger charge is -2.14. The zero-order chi connectivity index (χ0) is 17.6. The van der Waals surface area contributed by atoms with E-state index < -0.39 is 6.16 Å². The number of benzene rings is 1. The number of aromatic nitrogens is 2. The molecule has 8 nitrogen and oxygen atoms in total. The number of likely N-dealkylation sites (tertiary alicyclic amines) is 1. The Hall–Kier alpha value is -2.39. The number of hydrogen-bond acceptors (Lipinski definition) is 6. The van der Waals surface area contributed by atoms with Crippen molar-refractivity contribution >= 4 is 44.2 Å². The average Bonchev–Trinajstić information content (AvgIpc) is 3.12. The van der Waals surface area contributed by atoms with E-state index in [1.807, 2.05) is 17.0 Å². The zero-order valence-electron chi connectivity index (χ0n) is 13.0. The van der Waals surface area contributed by atoms with Crippen LogP contribution in [0.5, 0.6) is 0 Å². The van der Waals surface area contributed by atoms with E-state index in [1.54, 1.807) is 6.07 Å². The molecule has 25 heavy (non-hydrogen) atoms. The Balaban J connectivity index is 1.64. The van der Waals surface area contributed by atoms with Crippen LogP contribution >= 0.6 is 15.9 Å². The number of carboxylic acid groups (broad SMARTS) is 1. The Bertz CT molecular complexity index is 1030. The Morgan fingerprint density at radius 2 is 2.36 bits per heavy atom.